The van der Waals surface area contributed by atoms with Crippen LogP contribution >= 0.6 is 11.3 Å². The van der Waals surface area contributed by atoms with Crippen molar-refractivity contribution in [1.82, 2.24) is 9.97 Å². The third-order valence-corrected chi connectivity index (χ3v) is 3.31. The molecule has 0 aliphatic heterocycles. The van der Waals surface area contributed by atoms with E-state index in [1.165, 1.54) is 11.9 Å². The fraction of sp³-hybridized carbons (Fsp3) is 0.333. The number of hydrogen-bond acceptors (Lipinski definition) is 6. The molecule has 0 fully saturated rings. The second-order valence-electron chi connectivity index (χ2n) is 4.20. The zero-order valence-corrected chi connectivity index (χ0v) is 11.3. The third-order valence-electron chi connectivity index (χ3n) is 2.38. The van der Waals surface area contributed by atoms with Gasteiger partial charge in [0.15, 0.2) is 0 Å². The number of nitrogens with one attached hydrogen (secondary N) is 2. The van der Waals surface area contributed by atoms with E-state index in [0.29, 0.717) is 6.54 Å². The normalized spacial score (nSPS) is 12.2. The summed E-state index contributed by atoms with van der Waals surface area (Å²) in [4.78, 5) is 8.34. The van der Waals surface area contributed by atoms with Crippen LogP contribution in [0.5, 0.6) is 0 Å². The molecule has 2 aromatic rings. The highest BCUT2D eigenvalue weighted by molar-refractivity contribution is 7.14. The molecule has 0 amide bonds. The van der Waals surface area contributed by atoms with Gasteiger partial charge in [-0.25, -0.2) is 9.97 Å². The summed E-state index contributed by atoms with van der Waals surface area (Å²) in [5.41, 5.74) is 6.90. The van der Waals surface area contributed by atoms with Gasteiger partial charge in [-0.2, -0.15) is 0 Å². The Labute approximate surface area is 110 Å². The van der Waals surface area contributed by atoms with Crippen molar-refractivity contribution >= 4 is 28.0 Å². The van der Waals surface area contributed by atoms with Crippen LogP contribution in [-0.2, 0) is 0 Å². The Morgan fingerprint density at radius 3 is 2.83 bits per heavy atom. The smallest absolute Gasteiger partial charge is 0.136 e. The maximum absolute atomic E-state index is 5.69. The number of aromatic nitrogens is 2. The van der Waals surface area contributed by atoms with Crippen LogP contribution in [0.25, 0.3) is 0 Å². The molecule has 6 heteroatoms. The Morgan fingerprint density at radius 1 is 1.39 bits per heavy atom. The lowest BCUT2D eigenvalue weighted by Crippen LogP contribution is -2.25. The van der Waals surface area contributed by atoms with Gasteiger partial charge in [-0.1, -0.05) is 0 Å². The molecule has 0 spiro atoms. The molecule has 2 aromatic heterocycles. The van der Waals surface area contributed by atoms with E-state index in [1.807, 2.05) is 18.4 Å². The first kappa shape index (κ1) is 12.8. The lowest BCUT2D eigenvalue weighted by molar-refractivity contribution is 0.777. The van der Waals surface area contributed by atoms with Crippen LogP contribution in [0.3, 0.4) is 0 Å². The van der Waals surface area contributed by atoms with Gasteiger partial charge in [0, 0.05) is 18.7 Å². The highest BCUT2D eigenvalue weighted by atomic mass is 32.1. The van der Waals surface area contributed by atoms with Gasteiger partial charge in [0.25, 0.3) is 0 Å². The number of nitrogens with zero attached hydrogens (tertiary/aromatic N) is 2. The van der Waals surface area contributed by atoms with E-state index in [1.54, 1.807) is 11.3 Å². The molecular weight excluding hydrogens is 246 g/mol. The maximum Gasteiger partial charge on any atom is 0.136 e. The van der Waals surface area contributed by atoms with Crippen LogP contribution in [-0.4, -0.2) is 22.6 Å². The van der Waals surface area contributed by atoms with Crippen molar-refractivity contribution in [3.05, 3.63) is 29.4 Å². The number of aryl methyl sites for hydroxylation is 1. The molecule has 0 aliphatic rings. The molecule has 2 rings (SSSR count). The summed E-state index contributed by atoms with van der Waals surface area (Å²) in [6, 6.07) is 4.04. The first-order chi connectivity index (χ1) is 8.65. The van der Waals surface area contributed by atoms with Crippen LogP contribution in [0.15, 0.2) is 23.8 Å². The lowest BCUT2D eigenvalue weighted by Gasteiger charge is -2.09. The Balaban J connectivity index is 2.05. The number of nitrogens with two attached hydrogens (primary N) is 1. The van der Waals surface area contributed by atoms with Crippen LogP contribution in [0.4, 0.5) is 16.6 Å². The van der Waals surface area contributed by atoms with Crippen molar-refractivity contribution in [2.24, 2.45) is 5.73 Å². The van der Waals surface area contributed by atoms with Crippen LogP contribution in [0.1, 0.15) is 12.5 Å². The largest absolute Gasteiger partial charge is 0.368 e. The van der Waals surface area contributed by atoms with Gasteiger partial charge in [-0.3, -0.25) is 0 Å². The summed E-state index contributed by atoms with van der Waals surface area (Å²) in [5.74, 6) is 1.56. The molecular formula is C12H17N5S. The first-order valence-electron chi connectivity index (χ1n) is 5.78. The molecule has 96 valence electrons. The Hall–Kier alpha value is -1.66. The molecule has 18 heavy (non-hydrogen) atoms. The van der Waals surface area contributed by atoms with Gasteiger partial charge in [-0.15, -0.1) is 11.3 Å². The SMILES string of the molecule is Cc1ccsc1Nc1cc(NCC(C)N)ncn1. The van der Waals surface area contributed by atoms with E-state index in [9.17, 15) is 0 Å². The molecule has 0 radical (unpaired) electrons. The van der Waals surface area contributed by atoms with Crippen molar-refractivity contribution in [1.29, 1.82) is 0 Å². The molecule has 0 saturated carbocycles. The minimum Gasteiger partial charge on any atom is -0.368 e. The summed E-state index contributed by atoms with van der Waals surface area (Å²) < 4.78 is 0. The van der Waals surface area contributed by atoms with Gasteiger partial charge >= 0.3 is 0 Å². The highest BCUT2D eigenvalue weighted by Crippen LogP contribution is 2.25. The van der Waals surface area contributed by atoms with E-state index in [-0.39, 0.29) is 6.04 Å². The minimum absolute atomic E-state index is 0.0934. The highest BCUT2D eigenvalue weighted by Gasteiger charge is 2.03. The van der Waals surface area contributed by atoms with E-state index < -0.39 is 0 Å². The molecule has 0 aromatic carbocycles. The molecule has 2 heterocycles. The zero-order valence-electron chi connectivity index (χ0n) is 10.5. The van der Waals surface area contributed by atoms with Crippen molar-refractivity contribution in [2.45, 2.75) is 19.9 Å². The molecule has 0 aliphatic carbocycles. The molecule has 0 saturated heterocycles. The first-order valence-corrected chi connectivity index (χ1v) is 6.65. The summed E-state index contributed by atoms with van der Waals surface area (Å²) >= 11 is 1.66. The van der Waals surface area contributed by atoms with Crippen LogP contribution < -0.4 is 16.4 Å². The Bertz CT molecular complexity index is 509. The summed E-state index contributed by atoms with van der Waals surface area (Å²) in [6.07, 6.45) is 1.54. The molecule has 1 atom stereocenters. The predicted octanol–water partition coefficient (Wildman–Crippen LogP) is 2.35. The van der Waals surface area contributed by atoms with E-state index in [2.05, 4.69) is 33.6 Å². The number of hydrogen-bond donors (Lipinski definition) is 3. The van der Waals surface area contributed by atoms with Gasteiger partial charge in [0.2, 0.25) is 0 Å². The van der Waals surface area contributed by atoms with Crippen molar-refractivity contribution < 1.29 is 0 Å². The lowest BCUT2D eigenvalue weighted by atomic mass is 10.3. The Morgan fingerprint density at radius 2 is 2.17 bits per heavy atom. The fourth-order valence-electron chi connectivity index (χ4n) is 1.41. The molecule has 0 bridgehead atoms. The van der Waals surface area contributed by atoms with E-state index in [0.717, 1.165) is 16.6 Å². The topological polar surface area (TPSA) is 75.9 Å². The summed E-state index contributed by atoms with van der Waals surface area (Å²) in [6.45, 7) is 4.70. The van der Waals surface area contributed by atoms with Crippen molar-refractivity contribution in [3.8, 4) is 0 Å². The van der Waals surface area contributed by atoms with Gasteiger partial charge in [0.1, 0.15) is 18.0 Å². The van der Waals surface area contributed by atoms with Crippen molar-refractivity contribution in [3.63, 3.8) is 0 Å². The molecule has 4 N–H and O–H groups in total. The number of anilines is 3. The minimum atomic E-state index is 0.0934. The Kier molecular flexibility index (Phi) is 4.11. The monoisotopic (exact) mass is 263 g/mol. The van der Waals surface area contributed by atoms with E-state index >= 15 is 0 Å². The van der Waals surface area contributed by atoms with Gasteiger partial charge < -0.3 is 16.4 Å². The summed E-state index contributed by atoms with van der Waals surface area (Å²) in [5, 5.41) is 9.60. The number of rotatable bonds is 5. The van der Waals surface area contributed by atoms with Gasteiger partial charge in [0.05, 0.1) is 5.00 Å². The average Bonchev–Trinajstić information content (AvgIpc) is 2.73. The number of thiophene rings is 1. The zero-order chi connectivity index (χ0) is 13.0. The van der Waals surface area contributed by atoms with Crippen molar-refractivity contribution in [2.75, 3.05) is 17.2 Å². The summed E-state index contributed by atoms with van der Waals surface area (Å²) in [7, 11) is 0. The average molecular weight is 263 g/mol. The maximum atomic E-state index is 5.69. The predicted molar refractivity (Wildman–Crippen MR) is 76.5 cm³/mol. The van der Waals surface area contributed by atoms with Crippen LogP contribution in [0.2, 0.25) is 0 Å². The van der Waals surface area contributed by atoms with Crippen LogP contribution in [0, 0.1) is 6.92 Å². The second kappa shape index (κ2) is 5.79. The van der Waals surface area contributed by atoms with E-state index in [4.69, 9.17) is 5.73 Å². The third kappa shape index (κ3) is 3.41. The molecule has 1 unspecified atom stereocenters. The van der Waals surface area contributed by atoms with Gasteiger partial charge in [-0.05, 0) is 30.9 Å². The standard InChI is InChI=1S/C12H17N5S/c1-8-3-4-18-12(8)17-11-5-10(15-7-16-11)14-6-9(2)13/h3-5,7,9H,6,13H2,1-2H3,(H2,14,15,16,17). The quantitative estimate of drug-likeness (QED) is 0.772. The second-order valence-corrected chi connectivity index (χ2v) is 5.12. The fourth-order valence-corrected chi connectivity index (χ4v) is 2.23. The molecule has 5 nitrogen and oxygen atoms in total.